The SMILES string of the molecule is CON=C(C(=O)Cl)c1csc(NC=O)n1. The molecule has 1 aromatic heterocycles. The Morgan fingerprint density at radius 2 is 2.53 bits per heavy atom. The lowest BCUT2D eigenvalue weighted by molar-refractivity contribution is -0.106. The fourth-order valence-corrected chi connectivity index (χ4v) is 1.56. The van der Waals surface area contributed by atoms with E-state index in [0.29, 0.717) is 11.5 Å². The van der Waals surface area contributed by atoms with Crippen molar-refractivity contribution < 1.29 is 14.4 Å². The van der Waals surface area contributed by atoms with E-state index in [9.17, 15) is 9.59 Å². The van der Waals surface area contributed by atoms with E-state index < -0.39 is 5.24 Å². The van der Waals surface area contributed by atoms with Crippen molar-refractivity contribution in [3.8, 4) is 0 Å². The molecule has 80 valence electrons. The van der Waals surface area contributed by atoms with Gasteiger partial charge in [0.25, 0.3) is 5.24 Å². The first-order valence-electron chi connectivity index (χ1n) is 3.66. The zero-order chi connectivity index (χ0) is 11.3. The normalized spacial score (nSPS) is 10.9. The van der Waals surface area contributed by atoms with E-state index in [-0.39, 0.29) is 11.4 Å². The summed E-state index contributed by atoms with van der Waals surface area (Å²) in [5.41, 5.74) is 0.153. The maximum Gasteiger partial charge on any atom is 0.276 e. The fourth-order valence-electron chi connectivity index (χ4n) is 0.774. The average molecular weight is 248 g/mol. The van der Waals surface area contributed by atoms with Crippen molar-refractivity contribution in [2.75, 3.05) is 12.4 Å². The number of nitrogens with zero attached hydrogens (tertiary/aromatic N) is 2. The molecule has 0 unspecified atom stereocenters. The number of hydrogen-bond acceptors (Lipinski definition) is 6. The minimum atomic E-state index is -0.778. The Kier molecular flexibility index (Phi) is 4.19. The first-order chi connectivity index (χ1) is 7.19. The average Bonchev–Trinajstić information content (AvgIpc) is 2.62. The number of anilines is 1. The third kappa shape index (κ3) is 3.00. The van der Waals surface area contributed by atoms with Gasteiger partial charge in [-0.15, -0.1) is 11.3 Å². The predicted molar refractivity (Wildman–Crippen MR) is 56.2 cm³/mol. The number of oxime groups is 1. The van der Waals surface area contributed by atoms with Crippen LogP contribution in [-0.2, 0) is 14.4 Å². The summed E-state index contributed by atoms with van der Waals surface area (Å²) in [7, 11) is 1.29. The topological polar surface area (TPSA) is 80.6 Å². The number of aromatic nitrogens is 1. The number of carbonyl (C=O) groups excluding carboxylic acids is 2. The molecule has 8 heteroatoms. The van der Waals surface area contributed by atoms with Crippen LogP contribution in [0.1, 0.15) is 5.69 Å². The van der Waals surface area contributed by atoms with E-state index in [1.165, 1.54) is 12.5 Å². The van der Waals surface area contributed by atoms with Gasteiger partial charge in [-0.3, -0.25) is 9.59 Å². The molecule has 6 nitrogen and oxygen atoms in total. The molecule has 0 aromatic carbocycles. The van der Waals surface area contributed by atoms with Crippen LogP contribution in [-0.4, -0.2) is 29.5 Å². The maximum atomic E-state index is 10.9. The summed E-state index contributed by atoms with van der Waals surface area (Å²) in [4.78, 5) is 29.4. The maximum absolute atomic E-state index is 10.9. The van der Waals surface area contributed by atoms with Gasteiger partial charge in [0, 0.05) is 5.38 Å². The molecule has 0 fully saturated rings. The van der Waals surface area contributed by atoms with Crippen molar-refractivity contribution in [2.24, 2.45) is 5.16 Å². The van der Waals surface area contributed by atoms with Gasteiger partial charge in [-0.05, 0) is 11.6 Å². The van der Waals surface area contributed by atoms with Crippen molar-refractivity contribution in [1.82, 2.24) is 4.98 Å². The van der Waals surface area contributed by atoms with Crippen molar-refractivity contribution in [1.29, 1.82) is 0 Å². The number of amides is 1. The molecule has 0 atom stereocenters. The molecule has 1 aromatic rings. The van der Waals surface area contributed by atoms with E-state index >= 15 is 0 Å². The first-order valence-corrected chi connectivity index (χ1v) is 4.92. The third-order valence-electron chi connectivity index (χ3n) is 1.30. The van der Waals surface area contributed by atoms with E-state index in [1.807, 2.05) is 0 Å². The first kappa shape index (κ1) is 11.6. The molecule has 0 saturated heterocycles. The number of nitrogens with one attached hydrogen (secondary N) is 1. The molecule has 0 bridgehead atoms. The summed E-state index contributed by atoms with van der Waals surface area (Å²) in [5.74, 6) is 0. The number of carbonyl (C=O) groups is 2. The van der Waals surface area contributed by atoms with Crippen LogP contribution in [0.5, 0.6) is 0 Å². The molecular formula is C7H6ClN3O3S. The second-order valence-corrected chi connectivity index (χ2v) is 3.40. The van der Waals surface area contributed by atoms with Crippen molar-refractivity contribution in [3.05, 3.63) is 11.1 Å². The lowest BCUT2D eigenvalue weighted by Gasteiger charge is -1.94. The van der Waals surface area contributed by atoms with Gasteiger partial charge in [0.2, 0.25) is 6.41 Å². The summed E-state index contributed by atoms with van der Waals surface area (Å²) >= 11 is 6.41. The van der Waals surface area contributed by atoms with E-state index in [1.54, 1.807) is 0 Å². The number of thiazole rings is 1. The minimum Gasteiger partial charge on any atom is -0.398 e. The molecule has 1 heterocycles. The van der Waals surface area contributed by atoms with Gasteiger partial charge in [-0.2, -0.15) is 0 Å². The Bertz CT molecular complexity index is 404. The zero-order valence-corrected chi connectivity index (χ0v) is 9.13. The van der Waals surface area contributed by atoms with Crippen LogP contribution in [0.3, 0.4) is 0 Å². The Labute approximate surface area is 93.9 Å². The summed E-state index contributed by atoms with van der Waals surface area (Å²) in [6.07, 6.45) is 0.484. The molecule has 1 rings (SSSR count). The number of rotatable bonds is 5. The smallest absolute Gasteiger partial charge is 0.276 e. The minimum absolute atomic E-state index is 0.102. The standard InChI is InChI=1S/C7H6ClN3O3S/c1-14-11-5(6(8)13)4-2-15-7(10-4)9-3-12/h2-3H,1H3,(H,9,10,12). The Morgan fingerprint density at radius 1 is 1.80 bits per heavy atom. The number of hydrogen-bond donors (Lipinski definition) is 1. The van der Waals surface area contributed by atoms with Gasteiger partial charge in [0.05, 0.1) is 0 Å². The monoisotopic (exact) mass is 247 g/mol. The van der Waals surface area contributed by atoms with Crippen LogP contribution in [0.25, 0.3) is 0 Å². The molecule has 1 N–H and O–H groups in total. The van der Waals surface area contributed by atoms with Crippen molar-refractivity contribution in [3.63, 3.8) is 0 Å². The highest BCUT2D eigenvalue weighted by atomic mass is 35.5. The zero-order valence-electron chi connectivity index (χ0n) is 7.56. The molecule has 0 aliphatic heterocycles. The Morgan fingerprint density at radius 3 is 3.07 bits per heavy atom. The van der Waals surface area contributed by atoms with Crippen LogP contribution in [0.4, 0.5) is 5.13 Å². The Hall–Kier alpha value is -1.47. The second-order valence-electron chi connectivity index (χ2n) is 2.20. The molecule has 1 amide bonds. The predicted octanol–water partition coefficient (Wildman–Crippen LogP) is 0.827. The quantitative estimate of drug-likeness (QED) is 0.362. The summed E-state index contributed by atoms with van der Waals surface area (Å²) in [6, 6.07) is 0. The van der Waals surface area contributed by atoms with Gasteiger partial charge < -0.3 is 10.2 Å². The highest BCUT2D eigenvalue weighted by molar-refractivity contribution is 7.14. The summed E-state index contributed by atoms with van der Waals surface area (Å²) < 4.78 is 0. The Balaban J connectivity index is 2.97. The molecular weight excluding hydrogens is 242 g/mol. The fraction of sp³-hybridized carbons (Fsp3) is 0.143. The second kappa shape index (κ2) is 5.42. The van der Waals surface area contributed by atoms with E-state index in [4.69, 9.17) is 11.6 Å². The van der Waals surface area contributed by atoms with Crippen LogP contribution in [0.15, 0.2) is 10.5 Å². The lowest BCUT2D eigenvalue weighted by atomic mass is 10.3. The van der Waals surface area contributed by atoms with Gasteiger partial charge in [-0.25, -0.2) is 4.98 Å². The van der Waals surface area contributed by atoms with Crippen LogP contribution < -0.4 is 5.32 Å². The molecule has 0 radical (unpaired) electrons. The van der Waals surface area contributed by atoms with Crippen LogP contribution in [0, 0.1) is 0 Å². The highest BCUT2D eigenvalue weighted by Gasteiger charge is 2.16. The van der Waals surface area contributed by atoms with E-state index in [2.05, 4.69) is 20.3 Å². The molecule has 0 aliphatic carbocycles. The van der Waals surface area contributed by atoms with Crippen LogP contribution in [0.2, 0.25) is 0 Å². The molecule has 0 saturated carbocycles. The molecule has 15 heavy (non-hydrogen) atoms. The number of halogens is 1. The van der Waals surface area contributed by atoms with Gasteiger partial charge in [-0.1, -0.05) is 5.16 Å². The van der Waals surface area contributed by atoms with Gasteiger partial charge in [0.1, 0.15) is 12.8 Å². The largest absolute Gasteiger partial charge is 0.398 e. The lowest BCUT2D eigenvalue weighted by Crippen LogP contribution is -2.10. The van der Waals surface area contributed by atoms with E-state index in [0.717, 1.165) is 11.3 Å². The molecule has 0 aliphatic rings. The van der Waals surface area contributed by atoms with Gasteiger partial charge in [0.15, 0.2) is 10.8 Å². The van der Waals surface area contributed by atoms with Crippen molar-refractivity contribution in [2.45, 2.75) is 0 Å². The molecule has 0 spiro atoms. The van der Waals surface area contributed by atoms with Crippen molar-refractivity contribution >= 4 is 45.4 Å². The summed E-state index contributed by atoms with van der Waals surface area (Å²) in [5, 5.41) is 6.87. The van der Waals surface area contributed by atoms with Gasteiger partial charge >= 0.3 is 0 Å². The third-order valence-corrected chi connectivity index (χ3v) is 2.25. The van der Waals surface area contributed by atoms with Crippen LogP contribution >= 0.6 is 22.9 Å². The highest BCUT2D eigenvalue weighted by Crippen LogP contribution is 2.16. The summed E-state index contributed by atoms with van der Waals surface area (Å²) in [6.45, 7) is 0.